The SMILES string of the molecule is CNc1cnccc1C(=O)N1CCOCC1CO. The van der Waals surface area contributed by atoms with Crippen molar-refractivity contribution in [1.29, 1.82) is 0 Å². The monoisotopic (exact) mass is 251 g/mol. The molecule has 1 saturated heterocycles. The number of hydrogen-bond donors (Lipinski definition) is 2. The van der Waals surface area contributed by atoms with Gasteiger partial charge < -0.3 is 20.1 Å². The minimum Gasteiger partial charge on any atom is -0.394 e. The Morgan fingerprint density at radius 3 is 3.28 bits per heavy atom. The van der Waals surface area contributed by atoms with Crippen molar-refractivity contribution < 1.29 is 14.6 Å². The number of nitrogens with one attached hydrogen (secondary N) is 1. The Balaban J connectivity index is 2.24. The number of carbonyl (C=O) groups is 1. The van der Waals surface area contributed by atoms with Crippen LogP contribution in [0.15, 0.2) is 18.5 Å². The van der Waals surface area contributed by atoms with E-state index in [0.717, 1.165) is 0 Å². The standard InChI is InChI=1S/C12H17N3O3/c1-13-11-6-14-3-2-10(11)12(17)15-4-5-18-8-9(15)7-16/h2-3,6,9,13,16H,4-5,7-8H2,1H3. The molecule has 0 radical (unpaired) electrons. The van der Waals surface area contributed by atoms with E-state index < -0.39 is 0 Å². The molecule has 1 aliphatic heterocycles. The maximum Gasteiger partial charge on any atom is 0.256 e. The Morgan fingerprint density at radius 2 is 2.56 bits per heavy atom. The number of amides is 1. The van der Waals surface area contributed by atoms with Gasteiger partial charge in [0.05, 0.1) is 43.3 Å². The van der Waals surface area contributed by atoms with Crippen LogP contribution in [0.3, 0.4) is 0 Å². The van der Waals surface area contributed by atoms with Gasteiger partial charge >= 0.3 is 0 Å². The van der Waals surface area contributed by atoms with Crippen LogP contribution in [0.5, 0.6) is 0 Å². The predicted octanol–water partition coefficient (Wildman–Crippen LogP) is -0.0434. The van der Waals surface area contributed by atoms with E-state index in [9.17, 15) is 9.90 Å². The number of aliphatic hydroxyl groups excluding tert-OH is 1. The molecule has 6 nitrogen and oxygen atoms in total. The molecular formula is C12H17N3O3. The van der Waals surface area contributed by atoms with E-state index in [1.54, 1.807) is 30.4 Å². The van der Waals surface area contributed by atoms with E-state index in [-0.39, 0.29) is 18.6 Å². The lowest BCUT2D eigenvalue weighted by Crippen LogP contribution is -2.50. The number of aliphatic hydroxyl groups is 1. The topological polar surface area (TPSA) is 74.7 Å². The van der Waals surface area contributed by atoms with Crippen molar-refractivity contribution in [2.45, 2.75) is 6.04 Å². The quantitative estimate of drug-likeness (QED) is 0.788. The smallest absolute Gasteiger partial charge is 0.256 e. The predicted molar refractivity (Wildman–Crippen MR) is 66.5 cm³/mol. The van der Waals surface area contributed by atoms with Gasteiger partial charge in [0.1, 0.15) is 0 Å². The number of hydrogen-bond acceptors (Lipinski definition) is 5. The summed E-state index contributed by atoms with van der Waals surface area (Å²) in [5, 5.41) is 12.2. The Bertz CT molecular complexity index is 425. The van der Waals surface area contributed by atoms with E-state index in [2.05, 4.69) is 10.3 Å². The fraction of sp³-hybridized carbons (Fsp3) is 0.500. The lowest BCUT2D eigenvalue weighted by atomic mass is 10.1. The van der Waals surface area contributed by atoms with Crippen LogP contribution in [0.1, 0.15) is 10.4 Å². The zero-order valence-corrected chi connectivity index (χ0v) is 10.3. The first-order valence-electron chi connectivity index (χ1n) is 5.89. The van der Waals surface area contributed by atoms with Crippen LogP contribution >= 0.6 is 0 Å². The number of pyridine rings is 1. The fourth-order valence-electron chi connectivity index (χ4n) is 2.01. The van der Waals surface area contributed by atoms with E-state index in [4.69, 9.17) is 4.74 Å². The summed E-state index contributed by atoms with van der Waals surface area (Å²) in [4.78, 5) is 18.1. The molecule has 1 atom stereocenters. The highest BCUT2D eigenvalue weighted by Gasteiger charge is 2.28. The van der Waals surface area contributed by atoms with Crippen molar-refractivity contribution in [1.82, 2.24) is 9.88 Å². The second-order valence-electron chi connectivity index (χ2n) is 4.08. The molecular weight excluding hydrogens is 234 g/mol. The van der Waals surface area contributed by atoms with Crippen LogP contribution in [-0.4, -0.2) is 60.4 Å². The van der Waals surface area contributed by atoms with Crippen molar-refractivity contribution in [3.63, 3.8) is 0 Å². The van der Waals surface area contributed by atoms with Crippen LogP contribution in [0.4, 0.5) is 5.69 Å². The summed E-state index contributed by atoms with van der Waals surface area (Å²) in [6, 6.07) is 1.40. The van der Waals surface area contributed by atoms with Gasteiger partial charge in [-0.3, -0.25) is 9.78 Å². The molecule has 2 rings (SSSR count). The second kappa shape index (κ2) is 5.79. The summed E-state index contributed by atoms with van der Waals surface area (Å²) < 4.78 is 5.26. The molecule has 1 unspecified atom stereocenters. The van der Waals surface area contributed by atoms with Crippen molar-refractivity contribution in [3.05, 3.63) is 24.0 Å². The summed E-state index contributed by atoms with van der Waals surface area (Å²) in [5.41, 5.74) is 1.25. The number of carbonyl (C=O) groups excluding carboxylic acids is 1. The van der Waals surface area contributed by atoms with E-state index in [0.29, 0.717) is 31.0 Å². The summed E-state index contributed by atoms with van der Waals surface area (Å²) in [6.45, 7) is 1.28. The van der Waals surface area contributed by atoms with Crippen LogP contribution in [0, 0.1) is 0 Å². The third-order valence-electron chi connectivity index (χ3n) is 3.02. The first-order valence-corrected chi connectivity index (χ1v) is 5.89. The summed E-state index contributed by atoms with van der Waals surface area (Å²) >= 11 is 0. The third-order valence-corrected chi connectivity index (χ3v) is 3.02. The number of nitrogens with zero attached hydrogens (tertiary/aromatic N) is 2. The molecule has 6 heteroatoms. The molecule has 1 amide bonds. The summed E-state index contributed by atoms with van der Waals surface area (Å²) in [7, 11) is 1.75. The average molecular weight is 251 g/mol. The zero-order valence-electron chi connectivity index (χ0n) is 10.3. The average Bonchev–Trinajstić information content (AvgIpc) is 2.46. The highest BCUT2D eigenvalue weighted by Crippen LogP contribution is 2.18. The van der Waals surface area contributed by atoms with E-state index in [1.807, 2.05) is 0 Å². The number of morpholine rings is 1. The summed E-state index contributed by atoms with van der Waals surface area (Å²) in [6.07, 6.45) is 3.20. The van der Waals surface area contributed by atoms with E-state index >= 15 is 0 Å². The fourth-order valence-corrected chi connectivity index (χ4v) is 2.01. The van der Waals surface area contributed by atoms with Crippen LogP contribution < -0.4 is 5.32 Å². The van der Waals surface area contributed by atoms with Gasteiger partial charge in [-0.1, -0.05) is 0 Å². The molecule has 0 spiro atoms. The molecule has 98 valence electrons. The van der Waals surface area contributed by atoms with Crippen LogP contribution in [0.2, 0.25) is 0 Å². The maximum absolute atomic E-state index is 12.4. The molecule has 2 N–H and O–H groups in total. The molecule has 0 bridgehead atoms. The zero-order chi connectivity index (χ0) is 13.0. The highest BCUT2D eigenvalue weighted by molar-refractivity contribution is 5.99. The minimum atomic E-state index is -0.274. The Hall–Kier alpha value is -1.66. The lowest BCUT2D eigenvalue weighted by molar-refractivity contribution is -0.0183. The largest absolute Gasteiger partial charge is 0.394 e. The van der Waals surface area contributed by atoms with Gasteiger partial charge in [0.25, 0.3) is 5.91 Å². The van der Waals surface area contributed by atoms with Gasteiger partial charge in [-0.15, -0.1) is 0 Å². The lowest BCUT2D eigenvalue weighted by Gasteiger charge is -2.34. The number of rotatable bonds is 3. The van der Waals surface area contributed by atoms with Gasteiger partial charge in [-0.25, -0.2) is 0 Å². The summed E-state index contributed by atoms with van der Waals surface area (Å²) in [5.74, 6) is -0.107. The second-order valence-corrected chi connectivity index (χ2v) is 4.08. The molecule has 0 aliphatic carbocycles. The number of anilines is 1. The molecule has 0 saturated carbocycles. The van der Waals surface area contributed by atoms with E-state index in [1.165, 1.54) is 0 Å². The first-order chi connectivity index (χ1) is 8.77. The Kier molecular flexibility index (Phi) is 4.11. The number of aromatic nitrogens is 1. The van der Waals surface area contributed by atoms with Gasteiger partial charge in [-0.05, 0) is 6.07 Å². The molecule has 2 heterocycles. The van der Waals surface area contributed by atoms with Gasteiger partial charge in [0.15, 0.2) is 0 Å². The maximum atomic E-state index is 12.4. The normalized spacial score (nSPS) is 19.7. The van der Waals surface area contributed by atoms with Crippen molar-refractivity contribution >= 4 is 11.6 Å². The van der Waals surface area contributed by atoms with Crippen molar-refractivity contribution in [3.8, 4) is 0 Å². The molecule has 1 aromatic rings. The minimum absolute atomic E-state index is 0.0916. The van der Waals surface area contributed by atoms with Crippen LogP contribution in [0.25, 0.3) is 0 Å². The third kappa shape index (κ3) is 2.44. The van der Waals surface area contributed by atoms with Gasteiger partial charge in [0.2, 0.25) is 0 Å². The number of ether oxygens (including phenoxy) is 1. The Labute approximate surface area is 106 Å². The molecule has 0 aromatic carbocycles. The molecule has 1 aromatic heterocycles. The van der Waals surface area contributed by atoms with Crippen LogP contribution in [-0.2, 0) is 4.74 Å². The van der Waals surface area contributed by atoms with Gasteiger partial charge in [0, 0.05) is 19.8 Å². The molecule has 1 aliphatic rings. The van der Waals surface area contributed by atoms with Crippen molar-refractivity contribution in [2.75, 3.05) is 38.7 Å². The highest BCUT2D eigenvalue weighted by atomic mass is 16.5. The molecule has 18 heavy (non-hydrogen) atoms. The molecule has 1 fully saturated rings. The van der Waals surface area contributed by atoms with Crippen molar-refractivity contribution in [2.24, 2.45) is 0 Å². The Morgan fingerprint density at radius 1 is 1.72 bits per heavy atom. The first kappa shape index (κ1) is 12.8. The van der Waals surface area contributed by atoms with Gasteiger partial charge in [-0.2, -0.15) is 0 Å².